The standard InChI is InChI=1S/C12H17NO3/c1-13-6-5-9-3-4-11-10(12(9)14-2)7-15-8-16-11/h3-4,13H,5-8H2,1-2H3. The van der Waals surface area contributed by atoms with E-state index in [0.717, 1.165) is 30.0 Å². The fraction of sp³-hybridized carbons (Fsp3) is 0.500. The van der Waals surface area contributed by atoms with E-state index in [4.69, 9.17) is 14.2 Å². The summed E-state index contributed by atoms with van der Waals surface area (Å²) in [7, 11) is 3.63. The Morgan fingerprint density at radius 1 is 1.44 bits per heavy atom. The van der Waals surface area contributed by atoms with Crippen LogP contribution in [0.5, 0.6) is 11.5 Å². The third-order valence-electron chi connectivity index (χ3n) is 2.69. The summed E-state index contributed by atoms with van der Waals surface area (Å²) in [4.78, 5) is 0. The fourth-order valence-electron chi connectivity index (χ4n) is 1.89. The SMILES string of the molecule is CNCCc1ccc2c(c1OC)COCO2. The van der Waals surface area contributed by atoms with Gasteiger partial charge in [-0.25, -0.2) is 0 Å². The van der Waals surface area contributed by atoms with Crippen LogP contribution in [0.3, 0.4) is 0 Å². The average molecular weight is 223 g/mol. The Kier molecular flexibility index (Phi) is 3.64. The van der Waals surface area contributed by atoms with Gasteiger partial charge in [-0.15, -0.1) is 0 Å². The Morgan fingerprint density at radius 3 is 3.06 bits per heavy atom. The second-order valence-electron chi connectivity index (χ2n) is 3.70. The molecule has 0 aliphatic carbocycles. The lowest BCUT2D eigenvalue weighted by Crippen LogP contribution is -2.15. The van der Waals surface area contributed by atoms with E-state index in [2.05, 4.69) is 11.4 Å². The van der Waals surface area contributed by atoms with E-state index in [-0.39, 0.29) is 0 Å². The molecule has 0 spiro atoms. The minimum Gasteiger partial charge on any atom is -0.496 e. The quantitative estimate of drug-likeness (QED) is 0.835. The van der Waals surface area contributed by atoms with Crippen LogP contribution in [0.25, 0.3) is 0 Å². The van der Waals surface area contributed by atoms with Gasteiger partial charge in [0.1, 0.15) is 11.5 Å². The summed E-state index contributed by atoms with van der Waals surface area (Å²) in [6.45, 7) is 1.81. The minimum absolute atomic E-state index is 0.325. The highest BCUT2D eigenvalue weighted by molar-refractivity contribution is 5.50. The molecule has 0 saturated heterocycles. The highest BCUT2D eigenvalue weighted by Gasteiger charge is 2.18. The van der Waals surface area contributed by atoms with Crippen LogP contribution in [-0.2, 0) is 17.8 Å². The normalized spacial score (nSPS) is 14.1. The monoisotopic (exact) mass is 223 g/mol. The predicted octanol–water partition coefficient (Wildman–Crippen LogP) is 1.32. The summed E-state index contributed by atoms with van der Waals surface area (Å²) < 4.78 is 16.1. The van der Waals surface area contributed by atoms with E-state index in [1.54, 1.807) is 7.11 Å². The van der Waals surface area contributed by atoms with Crippen LogP contribution in [-0.4, -0.2) is 27.5 Å². The molecule has 1 heterocycles. The number of benzene rings is 1. The smallest absolute Gasteiger partial charge is 0.189 e. The van der Waals surface area contributed by atoms with Crippen molar-refractivity contribution in [1.29, 1.82) is 0 Å². The number of hydrogen-bond donors (Lipinski definition) is 1. The molecule has 1 aliphatic rings. The molecule has 4 nitrogen and oxygen atoms in total. The van der Waals surface area contributed by atoms with Gasteiger partial charge in [-0.05, 0) is 31.6 Å². The number of ether oxygens (including phenoxy) is 3. The first-order valence-electron chi connectivity index (χ1n) is 5.40. The van der Waals surface area contributed by atoms with Gasteiger partial charge < -0.3 is 19.5 Å². The summed E-state index contributed by atoms with van der Waals surface area (Å²) in [6.07, 6.45) is 0.937. The molecule has 1 aromatic rings. The summed E-state index contributed by atoms with van der Waals surface area (Å²) in [5.41, 5.74) is 2.20. The molecular weight excluding hydrogens is 206 g/mol. The zero-order chi connectivity index (χ0) is 11.4. The largest absolute Gasteiger partial charge is 0.496 e. The van der Waals surface area contributed by atoms with Crippen molar-refractivity contribution in [2.75, 3.05) is 27.5 Å². The maximum atomic E-state index is 5.45. The molecule has 1 aromatic carbocycles. The van der Waals surface area contributed by atoms with Crippen LogP contribution in [0.4, 0.5) is 0 Å². The first-order valence-corrected chi connectivity index (χ1v) is 5.40. The molecule has 1 aliphatic heterocycles. The number of rotatable bonds is 4. The molecule has 0 fully saturated rings. The van der Waals surface area contributed by atoms with Crippen molar-refractivity contribution >= 4 is 0 Å². The van der Waals surface area contributed by atoms with Crippen molar-refractivity contribution in [2.24, 2.45) is 0 Å². The summed E-state index contributed by atoms with van der Waals surface area (Å²) in [5, 5.41) is 3.13. The Morgan fingerprint density at radius 2 is 2.31 bits per heavy atom. The van der Waals surface area contributed by atoms with Gasteiger partial charge in [-0.1, -0.05) is 6.07 Å². The lowest BCUT2D eigenvalue weighted by molar-refractivity contribution is -0.0175. The van der Waals surface area contributed by atoms with Crippen molar-refractivity contribution in [3.63, 3.8) is 0 Å². The molecule has 0 unspecified atom stereocenters. The van der Waals surface area contributed by atoms with Gasteiger partial charge in [0, 0.05) is 0 Å². The molecular formula is C12H17NO3. The Bertz CT molecular complexity index is 366. The number of methoxy groups -OCH3 is 1. The van der Waals surface area contributed by atoms with Crippen LogP contribution < -0.4 is 14.8 Å². The Labute approximate surface area is 95.5 Å². The van der Waals surface area contributed by atoms with E-state index in [0.29, 0.717) is 13.4 Å². The van der Waals surface area contributed by atoms with E-state index < -0.39 is 0 Å². The van der Waals surface area contributed by atoms with E-state index in [9.17, 15) is 0 Å². The van der Waals surface area contributed by atoms with Gasteiger partial charge in [0.05, 0.1) is 19.3 Å². The lowest BCUT2D eigenvalue weighted by atomic mass is 10.0. The van der Waals surface area contributed by atoms with Gasteiger partial charge in [-0.2, -0.15) is 0 Å². The first-order chi connectivity index (χ1) is 7.86. The van der Waals surface area contributed by atoms with Crippen LogP contribution in [0.15, 0.2) is 12.1 Å². The van der Waals surface area contributed by atoms with Crippen LogP contribution in [0, 0.1) is 0 Å². The van der Waals surface area contributed by atoms with Crippen molar-refractivity contribution < 1.29 is 14.2 Å². The van der Waals surface area contributed by atoms with E-state index in [1.165, 1.54) is 5.56 Å². The first kappa shape index (κ1) is 11.2. The molecule has 4 heteroatoms. The molecule has 0 radical (unpaired) electrons. The second-order valence-corrected chi connectivity index (χ2v) is 3.70. The van der Waals surface area contributed by atoms with Crippen LogP contribution in [0.1, 0.15) is 11.1 Å². The number of nitrogens with one attached hydrogen (secondary N) is 1. The zero-order valence-corrected chi connectivity index (χ0v) is 9.71. The molecule has 0 bridgehead atoms. The molecule has 16 heavy (non-hydrogen) atoms. The molecule has 0 saturated carbocycles. The summed E-state index contributed by atoms with van der Waals surface area (Å²) in [6, 6.07) is 4.05. The Balaban J connectivity index is 2.31. The zero-order valence-electron chi connectivity index (χ0n) is 9.71. The van der Waals surface area contributed by atoms with Gasteiger partial charge in [0.25, 0.3) is 0 Å². The molecule has 0 atom stereocenters. The average Bonchev–Trinajstić information content (AvgIpc) is 2.35. The molecule has 2 rings (SSSR count). The fourth-order valence-corrected chi connectivity index (χ4v) is 1.89. The molecule has 88 valence electrons. The predicted molar refractivity (Wildman–Crippen MR) is 60.9 cm³/mol. The van der Waals surface area contributed by atoms with Crippen LogP contribution in [0.2, 0.25) is 0 Å². The summed E-state index contributed by atoms with van der Waals surface area (Å²) >= 11 is 0. The maximum Gasteiger partial charge on any atom is 0.189 e. The Hall–Kier alpha value is -1.26. The third kappa shape index (κ3) is 2.13. The highest BCUT2D eigenvalue weighted by Crippen LogP contribution is 2.35. The van der Waals surface area contributed by atoms with E-state index >= 15 is 0 Å². The van der Waals surface area contributed by atoms with Crippen molar-refractivity contribution in [2.45, 2.75) is 13.0 Å². The maximum absolute atomic E-state index is 5.45. The van der Waals surface area contributed by atoms with Gasteiger partial charge >= 0.3 is 0 Å². The van der Waals surface area contributed by atoms with Gasteiger partial charge in [0.2, 0.25) is 0 Å². The third-order valence-corrected chi connectivity index (χ3v) is 2.69. The molecule has 0 aromatic heterocycles. The minimum atomic E-state index is 0.325. The number of hydrogen-bond acceptors (Lipinski definition) is 4. The van der Waals surface area contributed by atoms with Crippen molar-refractivity contribution in [3.8, 4) is 11.5 Å². The number of likely N-dealkylation sites (N-methyl/N-ethyl adjacent to an activating group) is 1. The molecule has 0 amide bonds. The second kappa shape index (κ2) is 5.18. The van der Waals surface area contributed by atoms with Crippen molar-refractivity contribution in [3.05, 3.63) is 23.3 Å². The summed E-state index contributed by atoms with van der Waals surface area (Å²) in [5.74, 6) is 1.77. The van der Waals surface area contributed by atoms with Crippen molar-refractivity contribution in [1.82, 2.24) is 5.32 Å². The topological polar surface area (TPSA) is 39.7 Å². The van der Waals surface area contributed by atoms with Gasteiger partial charge in [0.15, 0.2) is 6.79 Å². The van der Waals surface area contributed by atoms with E-state index in [1.807, 2.05) is 13.1 Å². The lowest BCUT2D eigenvalue weighted by Gasteiger charge is -2.21. The number of fused-ring (bicyclic) bond motifs is 1. The van der Waals surface area contributed by atoms with Gasteiger partial charge in [-0.3, -0.25) is 0 Å². The van der Waals surface area contributed by atoms with Crippen LogP contribution >= 0.6 is 0 Å². The highest BCUT2D eigenvalue weighted by atomic mass is 16.7. The molecule has 1 N–H and O–H groups in total.